The SMILES string of the molecule is CCOCCCN1C(=O)C(C)(C)NC(=O)C1C(C)C. The quantitative estimate of drug-likeness (QED) is 0.737. The first-order valence-electron chi connectivity index (χ1n) is 7.02. The van der Waals surface area contributed by atoms with Crippen LogP contribution in [0.15, 0.2) is 0 Å². The molecule has 0 saturated carbocycles. The number of ether oxygens (including phenoxy) is 1. The van der Waals surface area contributed by atoms with Crippen molar-refractivity contribution in [1.29, 1.82) is 0 Å². The Balaban J connectivity index is 2.78. The zero-order valence-corrected chi connectivity index (χ0v) is 12.7. The molecule has 0 aromatic carbocycles. The van der Waals surface area contributed by atoms with Crippen molar-refractivity contribution in [2.24, 2.45) is 5.92 Å². The van der Waals surface area contributed by atoms with Gasteiger partial charge in [-0.2, -0.15) is 0 Å². The molecule has 0 spiro atoms. The van der Waals surface area contributed by atoms with Crippen molar-refractivity contribution in [2.75, 3.05) is 19.8 Å². The number of hydrogen-bond acceptors (Lipinski definition) is 3. The van der Waals surface area contributed by atoms with Gasteiger partial charge in [0.25, 0.3) is 0 Å². The topological polar surface area (TPSA) is 58.6 Å². The third-order valence-corrected chi connectivity index (χ3v) is 3.36. The van der Waals surface area contributed by atoms with Crippen LogP contribution in [0.25, 0.3) is 0 Å². The van der Waals surface area contributed by atoms with Crippen molar-refractivity contribution < 1.29 is 14.3 Å². The summed E-state index contributed by atoms with van der Waals surface area (Å²) in [4.78, 5) is 26.3. The van der Waals surface area contributed by atoms with Crippen LogP contribution < -0.4 is 5.32 Å². The fourth-order valence-corrected chi connectivity index (χ4v) is 2.45. The number of nitrogens with zero attached hydrogens (tertiary/aromatic N) is 1. The molecule has 1 fully saturated rings. The number of amides is 2. The van der Waals surface area contributed by atoms with Gasteiger partial charge in [-0.25, -0.2) is 0 Å². The van der Waals surface area contributed by atoms with Gasteiger partial charge in [0.2, 0.25) is 11.8 Å². The average molecular weight is 270 g/mol. The van der Waals surface area contributed by atoms with Gasteiger partial charge >= 0.3 is 0 Å². The van der Waals surface area contributed by atoms with Crippen LogP contribution in [0.3, 0.4) is 0 Å². The monoisotopic (exact) mass is 270 g/mol. The van der Waals surface area contributed by atoms with E-state index in [9.17, 15) is 9.59 Å². The molecule has 5 nitrogen and oxygen atoms in total. The zero-order valence-electron chi connectivity index (χ0n) is 12.7. The highest BCUT2D eigenvalue weighted by molar-refractivity contribution is 5.99. The lowest BCUT2D eigenvalue weighted by molar-refractivity contribution is -0.155. The number of carbonyl (C=O) groups excluding carboxylic acids is 2. The number of carbonyl (C=O) groups is 2. The molecule has 1 atom stereocenters. The van der Waals surface area contributed by atoms with Crippen LogP contribution in [0, 0.1) is 5.92 Å². The van der Waals surface area contributed by atoms with Gasteiger partial charge in [-0.3, -0.25) is 9.59 Å². The van der Waals surface area contributed by atoms with Gasteiger partial charge in [-0.05, 0) is 33.1 Å². The molecule has 0 bridgehead atoms. The molecule has 0 aromatic heterocycles. The van der Waals surface area contributed by atoms with Crippen LogP contribution in [0.4, 0.5) is 0 Å². The maximum absolute atomic E-state index is 12.4. The van der Waals surface area contributed by atoms with Gasteiger partial charge in [0, 0.05) is 19.8 Å². The summed E-state index contributed by atoms with van der Waals surface area (Å²) in [6.07, 6.45) is 0.756. The van der Waals surface area contributed by atoms with Gasteiger partial charge in [0.15, 0.2) is 0 Å². The van der Waals surface area contributed by atoms with Gasteiger partial charge in [-0.15, -0.1) is 0 Å². The van der Waals surface area contributed by atoms with Crippen molar-refractivity contribution in [3.05, 3.63) is 0 Å². The van der Waals surface area contributed by atoms with Crippen molar-refractivity contribution in [3.8, 4) is 0 Å². The Morgan fingerprint density at radius 1 is 1.37 bits per heavy atom. The highest BCUT2D eigenvalue weighted by Crippen LogP contribution is 2.22. The predicted octanol–water partition coefficient (Wildman–Crippen LogP) is 1.17. The first kappa shape index (κ1) is 16.0. The molecule has 0 aliphatic carbocycles. The van der Waals surface area contributed by atoms with Crippen molar-refractivity contribution in [2.45, 2.75) is 52.6 Å². The lowest BCUT2D eigenvalue weighted by Crippen LogP contribution is -2.69. The van der Waals surface area contributed by atoms with E-state index in [2.05, 4.69) is 5.32 Å². The molecular weight excluding hydrogens is 244 g/mol. The lowest BCUT2D eigenvalue weighted by Gasteiger charge is -2.44. The maximum Gasteiger partial charge on any atom is 0.248 e. The minimum absolute atomic E-state index is 0.0118. The molecule has 1 unspecified atom stereocenters. The van der Waals surface area contributed by atoms with Crippen molar-refractivity contribution in [1.82, 2.24) is 10.2 Å². The third kappa shape index (κ3) is 3.69. The second-order valence-corrected chi connectivity index (χ2v) is 5.85. The Bertz CT molecular complexity index is 340. The van der Waals surface area contributed by atoms with E-state index in [1.165, 1.54) is 0 Å². The van der Waals surface area contributed by atoms with Crippen LogP contribution in [0.2, 0.25) is 0 Å². The summed E-state index contributed by atoms with van der Waals surface area (Å²) in [5.41, 5.74) is -0.811. The third-order valence-electron chi connectivity index (χ3n) is 3.36. The van der Waals surface area contributed by atoms with E-state index < -0.39 is 5.54 Å². The van der Waals surface area contributed by atoms with Gasteiger partial charge in [0.1, 0.15) is 11.6 Å². The zero-order chi connectivity index (χ0) is 14.6. The summed E-state index contributed by atoms with van der Waals surface area (Å²) < 4.78 is 5.30. The highest BCUT2D eigenvalue weighted by Gasteiger charge is 2.45. The fourth-order valence-electron chi connectivity index (χ4n) is 2.45. The van der Waals surface area contributed by atoms with Gasteiger partial charge in [0.05, 0.1) is 0 Å². The summed E-state index contributed by atoms with van der Waals surface area (Å²) in [7, 11) is 0. The largest absolute Gasteiger partial charge is 0.382 e. The first-order chi connectivity index (χ1) is 8.81. The van der Waals surface area contributed by atoms with Crippen LogP contribution in [-0.4, -0.2) is 48.1 Å². The molecule has 1 rings (SSSR count). The Hall–Kier alpha value is -1.10. The van der Waals surface area contributed by atoms with E-state index in [1.54, 1.807) is 18.7 Å². The number of rotatable bonds is 6. The Morgan fingerprint density at radius 2 is 2.00 bits per heavy atom. The van der Waals surface area contributed by atoms with Crippen LogP contribution >= 0.6 is 0 Å². The van der Waals surface area contributed by atoms with E-state index in [-0.39, 0.29) is 23.8 Å². The van der Waals surface area contributed by atoms with E-state index in [1.807, 2.05) is 20.8 Å². The van der Waals surface area contributed by atoms with Gasteiger partial charge in [-0.1, -0.05) is 13.8 Å². The molecule has 1 heterocycles. The van der Waals surface area contributed by atoms with E-state index in [4.69, 9.17) is 4.74 Å². The second kappa shape index (κ2) is 6.37. The summed E-state index contributed by atoms with van der Waals surface area (Å²) in [5, 5.41) is 2.81. The molecule has 1 saturated heterocycles. The molecular formula is C14H26N2O3. The van der Waals surface area contributed by atoms with E-state index >= 15 is 0 Å². The smallest absolute Gasteiger partial charge is 0.248 e. The molecule has 0 radical (unpaired) electrons. The fraction of sp³-hybridized carbons (Fsp3) is 0.857. The Morgan fingerprint density at radius 3 is 2.53 bits per heavy atom. The molecule has 5 heteroatoms. The standard InChI is InChI=1S/C14H26N2O3/c1-6-19-9-7-8-16-11(10(2)3)12(17)15-14(4,5)13(16)18/h10-11H,6-9H2,1-5H3,(H,15,17). The van der Waals surface area contributed by atoms with E-state index in [0.717, 1.165) is 6.42 Å². The van der Waals surface area contributed by atoms with Crippen LogP contribution in [-0.2, 0) is 14.3 Å². The Kier molecular flexibility index (Phi) is 5.35. The molecule has 19 heavy (non-hydrogen) atoms. The number of hydrogen-bond donors (Lipinski definition) is 1. The lowest BCUT2D eigenvalue weighted by atomic mass is 9.91. The van der Waals surface area contributed by atoms with Crippen LogP contribution in [0.1, 0.15) is 41.0 Å². The minimum atomic E-state index is -0.811. The molecule has 2 amide bonds. The summed E-state index contributed by atoms with van der Waals surface area (Å²) >= 11 is 0. The molecule has 1 aliphatic rings. The molecule has 110 valence electrons. The summed E-state index contributed by atoms with van der Waals surface area (Å²) in [6.45, 7) is 11.2. The summed E-state index contributed by atoms with van der Waals surface area (Å²) in [5.74, 6) is 0.0328. The second-order valence-electron chi connectivity index (χ2n) is 5.85. The Labute approximate surface area is 115 Å². The molecule has 0 aromatic rings. The van der Waals surface area contributed by atoms with Crippen molar-refractivity contribution >= 4 is 11.8 Å². The average Bonchev–Trinajstić information content (AvgIpc) is 2.29. The van der Waals surface area contributed by atoms with Crippen molar-refractivity contribution in [3.63, 3.8) is 0 Å². The van der Waals surface area contributed by atoms with Gasteiger partial charge < -0.3 is 15.0 Å². The number of nitrogens with one attached hydrogen (secondary N) is 1. The molecule has 1 aliphatic heterocycles. The first-order valence-corrected chi connectivity index (χ1v) is 7.02. The highest BCUT2D eigenvalue weighted by atomic mass is 16.5. The normalized spacial score (nSPS) is 22.8. The summed E-state index contributed by atoms with van der Waals surface area (Å²) in [6, 6.07) is -0.373. The number of piperazine rings is 1. The predicted molar refractivity (Wildman–Crippen MR) is 73.7 cm³/mol. The van der Waals surface area contributed by atoms with Crippen LogP contribution in [0.5, 0.6) is 0 Å². The van der Waals surface area contributed by atoms with E-state index in [0.29, 0.717) is 19.8 Å². The molecule has 1 N–H and O–H groups in total. The minimum Gasteiger partial charge on any atom is -0.382 e. The maximum atomic E-state index is 12.4.